The molecule has 94 valence electrons. The van der Waals surface area contributed by atoms with E-state index >= 15 is 0 Å². The summed E-state index contributed by atoms with van der Waals surface area (Å²) in [7, 11) is -3.82. The van der Waals surface area contributed by atoms with Crippen LogP contribution in [0.2, 0.25) is 0 Å². The lowest BCUT2D eigenvalue weighted by atomic mass is 10.0. The van der Waals surface area contributed by atoms with Crippen LogP contribution in [0.4, 0.5) is 0 Å². The van der Waals surface area contributed by atoms with E-state index in [-0.39, 0.29) is 10.5 Å². The molecule has 0 aromatic heterocycles. The number of primary sulfonamides is 1. The maximum atomic E-state index is 10.9. The highest BCUT2D eigenvalue weighted by Gasteiger charge is 2.23. The molecule has 0 fully saturated rings. The molecule has 17 heavy (non-hydrogen) atoms. The Morgan fingerprint density at radius 3 is 2.00 bits per heavy atom. The van der Waals surface area contributed by atoms with Crippen LogP contribution in [0.15, 0.2) is 29.2 Å². The van der Waals surface area contributed by atoms with Gasteiger partial charge in [0, 0.05) is 0 Å². The van der Waals surface area contributed by atoms with Crippen molar-refractivity contribution < 1.29 is 23.4 Å². The third kappa shape index (κ3) is 3.24. The first-order valence-corrected chi connectivity index (χ1v) is 6.06. The number of benzene rings is 1. The van der Waals surface area contributed by atoms with Crippen molar-refractivity contribution in [3.05, 3.63) is 29.8 Å². The van der Waals surface area contributed by atoms with E-state index in [0.29, 0.717) is 0 Å². The van der Waals surface area contributed by atoms with E-state index in [0.717, 1.165) is 12.1 Å². The second-order valence-corrected chi connectivity index (χ2v) is 4.97. The van der Waals surface area contributed by atoms with Crippen molar-refractivity contribution in [2.45, 2.75) is 17.1 Å². The van der Waals surface area contributed by atoms with Gasteiger partial charge in [-0.25, -0.2) is 13.6 Å². The van der Waals surface area contributed by atoms with Gasteiger partial charge >= 0.3 is 0 Å². The minimum Gasteiger partial charge on any atom is -0.385 e. The van der Waals surface area contributed by atoms with Crippen molar-refractivity contribution in [3.63, 3.8) is 0 Å². The molecule has 1 aromatic rings. The summed E-state index contributed by atoms with van der Waals surface area (Å²) in [6, 6.07) is 4.77. The molecule has 2 unspecified atom stereocenters. The number of hydrogen-bond acceptors (Lipinski definition) is 5. The van der Waals surface area contributed by atoms with E-state index in [1.165, 1.54) is 12.1 Å². The third-order valence-corrected chi connectivity index (χ3v) is 3.07. The van der Waals surface area contributed by atoms with Crippen LogP contribution in [-0.4, -0.2) is 30.6 Å². The van der Waals surface area contributed by atoms with E-state index in [9.17, 15) is 23.4 Å². The van der Waals surface area contributed by atoms with Crippen LogP contribution < -0.4 is 10.9 Å². The first-order chi connectivity index (χ1) is 7.73. The lowest BCUT2D eigenvalue weighted by Crippen LogP contribution is -2.33. The summed E-state index contributed by atoms with van der Waals surface area (Å²) in [5.74, 6) is -1.08. The molecule has 0 radical (unpaired) electrons. The molecule has 8 heteroatoms. The van der Waals surface area contributed by atoms with E-state index < -0.39 is 28.1 Å². The molecule has 0 bridgehead atoms. The van der Waals surface area contributed by atoms with Gasteiger partial charge in [-0.05, 0) is 17.7 Å². The van der Waals surface area contributed by atoms with Crippen LogP contribution >= 0.6 is 0 Å². The first kappa shape index (κ1) is 13.6. The Morgan fingerprint density at radius 1 is 1.18 bits per heavy atom. The number of aliphatic hydroxyl groups excluding tert-OH is 2. The monoisotopic (exact) mass is 260 g/mol. The highest BCUT2D eigenvalue weighted by Crippen LogP contribution is 2.18. The van der Waals surface area contributed by atoms with Crippen LogP contribution in [0.5, 0.6) is 0 Å². The summed E-state index contributed by atoms with van der Waals surface area (Å²) < 4.78 is 21.9. The summed E-state index contributed by atoms with van der Waals surface area (Å²) in [6.07, 6.45) is -3.27. The average Bonchev–Trinajstić information content (AvgIpc) is 2.26. The standard InChI is InChI=1S/C9H12N2O5S/c10-9(14)8(13)7(12)5-1-3-6(4-2-5)17(11,15)16/h1-4,7-8,12-13H,(H2,10,14)(H2,11,15,16). The normalized spacial score (nSPS) is 15.2. The Bertz CT molecular complexity index is 511. The largest absolute Gasteiger partial charge is 0.385 e. The number of nitrogens with two attached hydrogens (primary N) is 2. The van der Waals surface area contributed by atoms with Crippen LogP contribution in [-0.2, 0) is 14.8 Å². The molecule has 0 aliphatic rings. The number of primary amides is 1. The van der Waals surface area contributed by atoms with Gasteiger partial charge in [0.25, 0.3) is 0 Å². The van der Waals surface area contributed by atoms with Gasteiger partial charge in [0.15, 0.2) is 6.10 Å². The Labute approximate surface area is 97.7 Å². The summed E-state index contributed by atoms with van der Waals surface area (Å²) in [4.78, 5) is 10.5. The lowest BCUT2D eigenvalue weighted by Gasteiger charge is -2.15. The van der Waals surface area contributed by atoms with Crippen molar-refractivity contribution in [1.29, 1.82) is 0 Å². The number of rotatable bonds is 4. The smallest absolute Gasteiger partial charge is 0.249 e. The van der Waals surface area contributed by atoms with Crippen molar-refractivity contribution in [3.8, 4) is 0 Å². The SMILES string of the molecule is NC(=O)C(O)C(O)c1ccc(S(N)(=O)=O)cc1. The number of amides is 1. The molecule has 2 atom stereocenters. The molecular weight excluding hydrogens is 248 g/mol. The quantitative estimate of drug-likeness (QED) is 0.505. The molecule has 0 aliphatic carbocycles. The maximum Gasteiger partial charge on any atom is 0.249 e. The van der Waals surface area contributed by atoms with E-state index in [1.807, 2.05) is 0 Å². The summed E-state index contributed by atoms with van der Waals surface area (Å²) in [6.45, 7) is 0. The zero-order valence-electron chi connectivity index (χ0n) is 8.65. The zero-order chi connectivity index (χ0) is 13.2. The van der Waals surface area contributed by atoms with E-state index in [2.05, 4.69) is 0 Å². The minimum absolute atomic E-state index is 0.137. The van der Waals surface area contributed by atoms with Gasteiger partial charge in [0.05, 0.1) is 4.90 Å². The molecule has 0 spiro atoms. The van der Waals surface area contributed by atoms with Crippen molar-refractivity contribution in [2.24, 2.45) is 10.9 Å². The molecule has 0 saturated heterocycles. The molecule has 1 amide bonds. The van der Waals surface area contributed by atoms with E-state index in [4.69, 9.17) is 10.9 Å². The Balaban J connectivity index is 2.99. The number of aliphatic hydroxyl groups is 2. The second-order valence-electron chi connectivity index (χ2n) is 3.41. The highest BCUT2D eigenvalue weighted by atomic mass is 32.2. The third-order valence-electron chi connectivity index (χ3n) is 2.14. The fourth-order valence-corrected chi connectivity index (χ4v) is 1.71. The summed E-state index contributed by atoms with van der Waals surface area (Å²) >= 11 is 0. The van der Waals surface area contributed by atoms with Gasteiger partial charge < -0.3 is 15.9 Å². The van der Waals surface area contributed by atoms with Crippen molar-refractivity contribution in [2.75, 3.05) is 0 Å². The first-order valence-electron chi connectivity index (χ1n) is 4.51. The predicted molar refractivity (Wildman–Crippen MR) is 58.0 cm³/mol. The van der Waals surface area contributed by atoms with Gasteiger partial charge in [0.1, 0.15) is 6.10 Å². The molecule has 0 aliphatic heterocycles. The second kappa shape index (κ2) is 4.80. The fraction of sp³-hybridized carbons (Fsp3) is 0.222. The van der Waals surface area contributed by atoms with Crippen LogP contribution in [0.3, 0.4) is 0 Å². The van der Waals surface area contributed by atoms with Gasteiger partial charge in [-0.2, -0.15) is 0 Å². The van der Waals surface area contributed by atoms with E-state index in [1.54, 1.807) is 0 Å². The molecule has 1 rings (SSSR count). The molecule has 1 aromatic carbocycles. The zero-order valence-corrected chi connectivity index (χ0v) is 9.46. The Kier molecular flexibility index (Phi) is 3.83. The average molecular weight is 260 g/mol. The summed E-state index contributed by atoms with van der Waals surface area (Å²) in [5.41, 5.74) is 4.96. The van der Waals surface area contributed by atoms with Crippen LogP contribution in [0.25, 0.3) is 0 Å². The fourth-order valence-electron chi connectivity index (χ4n) is 1.19. The molecule has 7 nitrogen and oxygen atoms in total. The molecule has 6 N–H and O–H groups in total. The number of hydrogen-bond donors (Lipinski definition) is 4. The number of sulfonamides is 1. The van der Waals surface area contributed by atoms with Gasteiger partial charge in [-0.1, -0.05) is 12.1 Å². The van der Waals surface area contributed by atoms with Crippen LogP contribution in [0.1, 0.15) is 11.7 Å². The predicted octanol–water partition coefficient (Wildman–Crippen LogP) is -1.79. The topological polar surface area (TPSA) is 144 Å². The van der Waals surface area contributed by atoms with Gasteiger partial charge in [-0.15, -0.1) is 0 Å². The van der Waals surface area contributed by atoms with Gasteiger partial charge in [-0.3, -0.25) is 4.79 Å². The Hall–Kier alpha value is -1.48. The maximum absolute atomic E-state index is 10.9. The number of carbonyl (C=O) groups excluding carboxylic acids is 1. The minimum atomic E-state index is -3.82. The van der Waals surface area contributed by atoms with Crippen molar-refractivity contribution in [1.82, 2.24) is 0 Å². The summed E-state index contributed by atoms with van der Waals surface area (Å²) in [5, 5.41) is 23.6. The Morgan fingerprint density at radius 2 is 1.65 bits per heavy atom. The van der Waals surface area contributed by atoms with Gasteiger partial charge in [0.2, 0.25) is 15.9 Å². The molecular formula is C9H12N2O5S. The lowest BCUT2D eigenvalue weighted by molar-refractivity contribution is -0.131. The highest BCUT2D eigenvalue weighted by molar-refractivity contribution is 7.89. The van der Waals surface area contributed by atoms with Crippen LogP contribution in [0, 0.1) is 0 Å². The van der Waals surface area contributed by atoms with Crippen molar-refractivity contribution >= 4 is 15.9 Å². The molecule has 0 heterocycles. The number of carbonyl (C=O) groups is 1. The molecule has 0 saturated carbocycles.